The maximum absolute atomic E-state index is 6.09. The van der Waals surface area contributed by atoms with Crippen LogP contribution in [0.15, 0.2) is 39.8 Å². The van der Waals surface area contributed by atoms with Crippen molar-refractivity contribution < 1.29 is 0 Å². The van der Waals surface area contributed by atoms with E-state index in [-0.39, 0.29) is 6.04 Å². The van der Waals surface area contributed by atoms with Gasteiger partial charge in [0.25, 0.3) is 0 Å². The Labute approximate surface area is 119 Å². The summed E-state index contributed by atoms with van der Waals surface area (Å²) in [4.78, 5) is 1.22. The van der Waals surface area contributed by atoms with Crippen LogP contribution in [-0.2, 0) is 13.5 Å². The van der Waals surface area contributed by atoms with Gasteiger partial charge < -0.3 is 5.73 Å². The Morgan fingerprint density at radius 3 is 3.00 bits per heavy atom. The first kappa shape index (κ1) is 13.6. The number of nitrogens with two attached hydrogens (primary N) is 1. The van der Waals surface area contributed by atoms with Crippen LogP contribution in [0.25, 0.3) is 0 Å². The lowest BCUT2D eigenvalue weighted by atomic mass is 10.2. The second-order valence-corrected chi connectivity index (χ2v) is 6.13. The third-order valence-corrected chi connectivity index (χ3v) is 4.06. The lowest BCUT2D eigenvalue weighted by Gasteiger charge is -2.09. The molecule has 2 aromatic rings. The van der Waals surface area contributed by atoms with Gasteiger partial charge in [0.2, 0.25) is 0 Å². The van der Waals surface area contributed by atoms with Crippen molar-refractivity contribution >= 4 is 27.7 Å². The van der Waals surface area contributed by atoms with Gasteiger partial charge in [0, 0.05) is 40.8 Å². The number of rotatable bonds is 5. The molecule has 0 amide bonds. The first-order valence-electron chi connectivity index (χ1n) is 5.62. The summed E-state index contributed by atoms with van der Waals surface area (Å²) in [5.41, 5.74) is 7.04. The number of benzene rings is 1. The average Bonchev–Trinajstić information content (AvgIpc) is 2.72. The zero-order valence-corrected chi connectivity index (χ0v) is 12.5. The van der Waals surface area contributed by atoms with E-state index in [1.54, 1.807) is 16.4 Å². The van der Waals surface area contributed by atoms with Crippen LogP contribution in [0.2, 0.25) is 0 Å². The molecule has 2 N–H and O–H groups in total. The van der Waals surface area contributed by atoms with Crippen LogP contribution < -0.4 is 5.73 Å². The molecule has 0 radical (unpaired) electrons. The summed E-state index contributed by atoms with van der Waals surface area (Å²) < 4.78 is 2.79. The normalized spacial score (nSPS) is 12.6. The number of hydrogen-bond donors (Lipinski definition) is 1. The summed E-state index contributed by atoms with van der Waals surface area (Å²) in [6, 6.07) is 8.32. The average molecular weight is 327 g/mol. The van der Waals surface area contributed by atoms with Crippen molar-refractivity contribution in [3.8, 4) is 0 Å². The van der Waals surface area contributed by atoms with Gasteiger partial charge in [0.05, 0.1) is 5.69 Å². The van der Waals surface area contributed by atoms with Crippen LogP contribution in [0.1, 0.15) is 5.69 Å². The van der Waals surface area contributed by atoms with Crippen LogP contribution in [0.4, 0.5) is 0 Å². The highest BCUT2D eigenvalue weighted by molar-refractivity contribution is 9.10. The summed E-state index contributed by atoms with van der Waals surface area (Å²) in [5, 5.41) is 7.94. The van der Waals surface area contributed by atoms with E-state index in [4.69, 9.17) is 5.73 Å². The van der Waals surface area contributed by atoms with Crippen molar-refractivity contribution in [2.24, 2.45) is 12.8 Å². The van der Waals surface area contributed by atoms with Crippen molar-refractivity contribution in [1.29, 1.82) is 0 Å². The van der Waals surface area contributed by atoms with Gasteiger partial charge in [0.1, 0.15) is 0 Å². The number of aromatic nitrogens is 3. The van der Waals surface area contributed by atoms with E-state index in [1.165, 1.54) is 4.90 Å². The Hall–Kier alpha value is -0.850. The molecule has 2 rings (SSSR count). The quantitative estimate of drug-likeness (QED) is 0.856. The van der Waals surface area contributed by atoms with E-state index < -0.39 is 0 Å². The van der Waals surface area contributed by atoms with Crippen molar-refractivity contribution in [2.45, 2.75) is 17.4 Å². The van der Waals surface area contributed by atoms with E-state index in [2.05, 4.69) is 38.4 Å². The van der Waals surface area contributed by atoms with Gasteiger partial charge in [-0.25, -0.2) is 0 Å². The van der Waals surface area contributed by atoms with Crippen LogP contribution >= 0.6 is 27.7 Å². The van der Waals surface area contributed by atoms with Crippen molar-refractivity contribution in [3.63, 3.8) is 0 Å². The maximum atomic E-state index is 6.09. The molecular weight excluding hydrogens is 312 g/mol. The first-order chi connectivity index (χ1) is 8.63. The summed E-state index contributed by atoms with van der Waals surface area (Å²) in [7, 11) is 1.86. The number of halogens is 1. The second-order valence-electron chi connectivity index (χ2n) is 4.12. The van der Waals surface area contributed by atoms with Crippen LogP contribution in [0.5, 0.6) is 0 Å². The summed E-state index contributed by atoms with van der Waals surface area (Å²) >= 11 is 5.22. The van der Waals surface area contributed by atoms with E-state index in [1.807, 2.05) is 25.4 Å². The van der Waals surface area contributed by atoms with Crippen LogP contribution in [-0.4, -0.2) is 26.8 Å². The zero-order chi connectivity index (χ0) is 13.0. The summed E-state index contributed by atoms with van der Waals surface area (Å²) in [6.45, 7) is 0. The molecule has 18 heavy (non-hydrogen) atoms. The van der Waals surface area contributed by atoms with Gasteiger partial charge in [-0.15, -0.1) is 16.9 Å². The molecule has 1 atom stereocenters. The van der Waals surface area contributed by atoms with Crippen molar-refractivity contribution in [3.05, 3.63) is 40.6 Å². The molecule has 0 saturated heterocycles. The Morgan fingerprint density at radius 1 is 1.50 bits per heavy atom. The molecule has 1 aromatic heterocycles. The Balaban J connectivity index is 1.83. The minimum Gasteiger partial charge on any atom is -0.327 e. The first-order valence-corrected chi connectivity index (χ1v) is 7.40. The Bertz CT molecular complexity index is 514. The second kappa shape index (κ2) is 6.36. The van der Waals surface area contributed by atoms with E-state index in [0.29, 0.717) is 0 Å². The van der Waals surface area contributed by atoms with Gasteiger partial charge in [-0.2, -0.15) is 0 Å². The minimum atomic E-state index is 0.0886. The monoisotopic (exact) mass is 326 g/mol. The van der Waals surface area contributed by atoms with Crippen molar-refractivity contribution in [2.75, 3.05) is 5.75 Å². The molecule has 4 nitrogen and oxygen atoms in total. The highest BCUT2D eigenvalue weighted by atomic mass is 79.9. The van der Waals surface area contributed by atoms with Gasteiger partial charge in [-0.05, 0) is 18.2 Å². The largest absolute Gasteiger partial charge is 0.327 e. The molecule has 0 fully saturated rings. The summed E-state index contributed by atoms with van der Waals surface area (Å²) in [6.07, 6.45) is 2.67. The molecule has 0 spiro atoms. The predicted molar refractivity (Wildman–Crippen MR) is 77.5 cm³/mol. The zero-order valence-electron chi connectivity index (χ0n) is 10.1. The van der Waals surface area contributed by atoms with Gasteiger partial charge in [-0.3, -0.25) is 4.68 Å². The van der Waals surface area contributed by atoms with Gasteiger partial charge in [-0.1, -0.05) is 27.2 Å². The molecule has 1 heterocycles. The third-order valence-electron chi connectivity index (χ3n) is 2.38. The Kier molecular flexibility index (Phi) is 4.79. The standard InChI is InChI=1S/C12H15BrN4S/c1-17-7-11(15-16-17)6-10(14)8-18-12-4-2-3-9(13)5-12/h2-5,7,10H,6,8,14H2,1H3. The van der Waals surface area contributed by atoms with E-state index in [0.717, 1.165) is 22.3 Å². The SMILES string of the molecule is Cn1cc(CC(N)CSc2cccc(Br)c2)nn1. The molecule has 0 bridgehead atoms. The molecule has 0 aliphatic carbocycles. The number of thioether (sulfide) groups is 1. The molecule has 1 aromatic carbocycles. The molecule has 0 saturated carbocycles. The lowest BCUT2D eigenvalue weighted by Crippen LogP contribution is -2.25. The molecule has 0 aliphatic heterocycles. The number of aryl methyl sites for hydroxylation is 1. The fraction of sp³-hybridized carbons (Fsp3) is 0.333. The fourth-order valence-electron chi connectivity index (χ4n) is 1.58. The number of nitrogens with zero attached hydrogens (tertiary/aromatic N) is 3. The fourth-order valence-corrected chi connectivity index (χ4v) is 3.04. The van der Waals surface area contributed by atoms with Crippen LogP contribution in [0, 0.1) is 0 Å². The third kappa shape index (κ3) is 4.12. The van der Waals surface area contributed by atoms with E-state index in [9.17, 15) is 0 Å². The number of hydrogen-bond acceptors (Lipinski definition) is 4. The molecule has 0 aliphatic rings. The van der Waals surface area contributed by atoms with Gasteiger partial charge >= 0.3 is 0 Å². The predicted octanol–water partition coefficient (Wildman–Crippen LogP) is 2.24. The minimum absolute atomic E-state index is 0.0886. The molecular formula is C12H15BrN4S. The maximum Gasteiger partial charge on any atom is 0.0842 e. The highest BCUT2D eigenvalue weighted by Crippen LogP contribution is 2.22. The molecule has 96 valence electrons. The van der Waals surface area contributed by atoms with Gasteiger partial charge in [0.15, 0.2) is 0 Å². The Morgan fingerprint density at radius 2 is 2.33 bits per heavy atom. The molecule has 1 unspecified atom stereocenters. The topological polar surface area (TPSA) is 56.7 Å². The summed E-state index contributed by atoms with van der Waals surface area (Å²) in [5.74, 6) is 0.868. The smallest absolute Gasteiger partial charge is 0.0842 e. The molecule has 6 heteroatoms. The van der Waals surface area contributed by atoms with Crippen LogP contribution in [0.3, 0.4) is 0 Å². The van der Waals surface area contributed by atoms with E-state index >= 15 is 0 Å². The van der Waals surface area contributed by atoms with Crippen molar-refractivity contribution in [1.82, 2.24) is 15.0 Å². The highest BCUT2D eigenvalue weighted by Gasteiger charge is 2.08. The lowest BCUT2D eigenvalue weighted by molar-refractivity contribution is 0.704.